The van der Waals surface area contributed by atoms with Gasteiger partial charge in [-0.15, -0.1) is 0 Å². The Morgan fingerprint density at radius 3 is 1.68 bits per heavy atom. The zero-order chi connectivity index (χ0) is 18.2. The summed E-state index contributed by atoms with van der Waals surface area (Å²) in [6.07, 6.45) is 0. The van der Waals surface area contributed by atoms with Crippen molar-refractivity contribution in [3.05, 3.63) is 12.2 Å². The molecule has 0 saturated heterocycles. The smallest absolute Gasteiger partial charge is 0.485 e. The topological polar surface area (TPSA) is 86.3 Å². The number of quaternary nitrogens is 1. The standard InChI is InChI=1S/C11H22N2O.CHF3O3S/c1-6-13(7-2,8-3)9-12-11(14)10(4)5;2-1(3,4)8(5,6)7/h4,6-9H2,1-3,5H3;(H,5,6,7). The third-order valence-electron chi connectivity index (χ3n) is 3.26. The summed E-state index contributed by atoms with van der Waals surface area (Å²) in [5.41, 5.74) is -5.07. The first-order valence-corrected chi connectivity index (χ1v) is 7.98. The Hall–Kier alpha value is -1.13. The van der Waals surface area contributed by atoms with Gasteiger partial charge < -0.3 is 14.4 Å². The van der Waals surface area contributed by atoms with Crippen LogP contribution in [0, 0.1) is 0 Å². The van der Waals surface area contributed by atoms with Gasteiger partial charge in [-0.2, -0.15) is 13.2 Å². The van der Waals surface area contributed by atoms with Gasteiger partial charge in [0.1, 0.15) is 0 Å². The van der Waals surface area contributed by atoms with E-state index < -0.39 is 15.6 Å². The first-order chi connectivity index (χ1) is 9.76. The lowest BCUT2D eigenvalue weighted by Crippen LogP contribution is -2.54. The van der Waals surface area contributed by atoms with Crippen LogP contribution in [-0.2, 0) is 14.9 Å². The molecular formula is C12H23F3N2O4S. The second-order valence-electron chi connectivity index (χ2n) is 4.63. The van der Waals surface area contributed by atoms with Crippen molar-refractivity contribution in [3.8, 4) is 0 Å². The summed E-state index contributed by atoms with van der Waals surface area (Å²) >= 11 is 0. The Labute approximate surface area is 129 Å². The molecule has 0 saturated carbocycles. The Kier molecular flexibility index (Phi) is 9.58. The number of hydrogen-bond acceptors (Lipinski definition) is 4. The summed E-state index contributed by atoms with van der Waals surface area (Å²) in [5, 5.41) is 2.91. The van der Waals surface area contributed by atoms with Gasteiger partial charge >= 0.3 is 5.51 Å². The quantitative estimate of drug-likeness (QED) is 0.259. The van der Waals surface area contributed by atoms with Crippen LogP contribution in [0.15, 0.2) is 12.2 Å². The average Bonchev–Trinajstić information content (AvgIpc) is 2.39. The monoisotopic (exact) mass is 348 g/mol. The number of amides is 1. The molecule has 0 aliphatic rings. The molecular weight excluding hydrogens is 325 g/mol. The fraction of sp³-hybridized carbons (Fsp3) is 0.750. The molecule has 0 rings (SSSR count). The molecule has 0 aromatic heterocycles. The number of nitrogens with zero attached hydrogens (tertiary/aromatic N) is 1. The van der Waals surface area contributed by atoms with Gasteiger partial charge in [-0.05, 0) is 27.7 Å². The van der Waals surface area contributed by atoms with E-state index in [1.54, 1.807) is 6.92 Å². The molecule has 10 heteroatoms. The number of hydrogen-bond donors (Lipinski definition) is 1. The van der Waals surface area contributed by atoms with Crippen LogP contribution >= 0.6 is 0 Å². The molecule has 6 nitrogen and oxygen atoms in total. The van der Waals surface area contributed by atoms with E-state index in [9.17, 15) is 18.0 Å². The van der Waals surface area contributed by atoms with E-state index in [-0.39, 0.29) is 5.91 Å². The van der Waals surface area contributed by atoms with Crippen molar-refractivity contribution in [2.75, 3.05) is 26.3 Å². The molecule has 0 heterocycles. The molecule has 0 aromatic rings. The molecule has 0 radical (unpaired) electrons. The summed E-state index contributed by atoms with van der Waals surface area (Å²) in [6.45, 7) is 15.6. The fourth-order valence-corrected chi connectivity index (χ4v) is 1.40. The van der Waals surface area contributed by atoms with Crippen molar-refractivity contribution in [3.63, 3.8) is 0 Å². The Morgan fingerprint density at radius 2 is 1.50 bits per heavy atom. The molecule has 0 unspecified atom stereocenters. The molecule has 132 valence electrons. The van der Waals surface area contributed by atoms with Gasteiger partial charge in [0.15, 0.2) is 16.8 Å². The lowest BCUT2D eigenvalue weighted by molar-refractivity contribution is -0.924. The highest BCUT2D eigenvalue weighted by molar-refractivity contribution is 7.86. The van der Waals surface area contributed by atoms with Gasteiger partial charge in [-0.3, -0.25) is 4.79 Å². The average molecular weight is 348 g/mol. The highest BCUT2D eigenvalue weighted by Crippen LogP contribution is 2.20. The Bertz CT molecular complexity index is 463. The van der Waals surface area contributed by atoms with Crippen LogP contribution < -0.4 is 5.32 Å². The SMILES string of the molecule is C=C(C)C(=O)NC[N+](CC)(CC)CC.O=S(=O)([O-])C(F)(F)F. The van der Waals surface area contributed by atoms with Crippen LogP contribution in [0.1, 0.15) is 27.7 Å². The predicted molar refractivity (Wildman–Crippen MR) is 75.5 cm³/mol. The van der Waals surface area contributed by atoms with E-state index in [4.69, 9.17) is 13.0 Å². The van der Waals surface area contributed by atoms with Gasteiger partial charge in [-0.1, -0.05) is 6.58 Å². The second kappa shape index (κ2) is 9.11. The van der Waals surface area contributed by atoms with Crippen LogP contribution in [0.5, 0.6) is 0 Å². The molecule has 0 spiro atoms. The van der Waals surface area contributed by atoms with Gasteiger partial charge in [0.25, 0.3) is 5.91 Å². The highest BCUT2D eigenvalue weighted by Gasteiger charge is 2.36. The molecule has 0 aromatic carbocycles. The first-order valence-electron chi connectivity index (χ1n) is 6.57. The number of nitrogens with one attached hydrogen (secondary N) is 1. The van der Waals surface area contributed by atoms with E-state index in [0.717, 1.165) is 24.1 Å². The maximum absolute atomic E-state index is 11.3. The predicted octanol–water partition coefficient (Wildman–Crippen LogP) is 1.56. The zero-order valence-corrected chi connectivity index (χ0v) is 14.0. The van der Waals surface area contributed by atoms with E-state index in [2.05, 4.69) is 32.7 Å². The van der Waals surface area contributed by atoms with Crippen LogP contribution in [-0.4, -0.2) is 55.2 Å². The minimum Gasteiger partial charge on any atom is -0.741 e. The number of carbonyl (C=O) groups excluding carboxylic acids is 1. The third-order valence-corrected chi connectivity index (χ3v) is 3.83. The van der Waals surface area contributed by atoms with Gasteiger partial charge in [0, 0.05) is 5.57 Å². The first kappa shape index (κ1) is 23.1. The maximum Gasteiger partial charge on any atom is 0.485 e. The molecule has 0 aliphatic carbocycles. The van der Waals surface area contributed by atoms with E-state index in [1.807, 2.05) is 0 Å². The van der Waals surface area contributed by atoms with Crippen molar-refractivity contribution in [1.29, 1.82) is 0 Å². The maximum atomic E-state index is 11.3. The zero-order valence-electron chi connectivity index (χ0n) is 13.2. The number of alkyl halides is 3. The van der Waals surface area contributed by atoms with E-state index in [0.29, 0.717) is 12.2 Å². The van der Waals surface area contributed by atoms with Crippen LogP contribution in [0.4, 0.5) is 13.2 Å². The van der Waals surface area contributed by atoms with Crippen molar-refractivity contribution < 1.29 is 35.4 Å². The van der Waals surface area contributed by atoms with Gasteiger partial charge in [0.05, 0.1) is 19.6 Å². The van der Waals surface area contributed by atoms with Crippen molar-refractivity contribution in [2.24, 2.45) is 0 Å². The second-order valence-corrected chi connectivity index (χ2v) is 6.01. The lowest BCUT2D eigenvalue weighted by atomic mass is 10.3. The van der Waals surface area contributed by atoms with Crippen LogP contribution in [0.25, 0.3) is 0 Å². The summed E-state index contributed by atoms with van der Waals surface area (Å²) in [7, 11) is -6.09. The molecule has 1 N–H and O–H groups in total. The normalized spacial score (nSPS) is 12.2. The Morgan fingerprint density at radius 1 is 1.18 bits per heavy atom. The summed E-state index contributed by atoms with van der Waals surface area (Å²) in [5.74, 6) is -0.0390. The number of halogens is 3. The molecule has 1 amide bonds. The molecule has 22 heavy (non-hydrogen) atoms. The Balaban J connectivity index is 0. The van der Waals surface area contributed by atoms with Gasteiger partial charge in [-0.25, -0.2) is 8.42 Å². The van der Waals surface area contributed by atoms with E-state index in [1.165, 1.54) is 0 Å². The molecule has 0 bridgehead atoms. The van der Waals surface area contributed by atoms with Crippen LogP contribution in [0.3, 0.4) is 0 Å². The van der Waals surface area contributed by atoms with Crippen molar-refractivity contribution in [1.82, 2.24) is 5.32 Å². The minimum atomic E-state index is -6.09. The lowest BCUT2D eigenvalue weighted by Gasteiger charge is -2.35. The minimum absolute atomic E-state index is 0.0390. The number of rotatable bonds is 6. The fourth-order valence-electron chi connectivity index (χ4n) is 1.40. The summed E-state index contributed by atoms with van der Waals surface area (Å²) < 4.78 is 59.8. The third kappa shape index (κ3) is 8.35. The van der Waals surface area contributed by atoms with E-state index >= 15 is 0 Å². The van der Waals surface area contributed by atoms with Gasteiger partial charge in [0.2, 0.25) is 0 Å². The molecule has 0 fully saturated rings. The van der Waals surface area contributed by atoms with Crippen molar-refractivity contribution >= 4 is 16.0 Å². The number of carbonyl (C=O) groups is 1. The molecule has 0 atom stereocenters. The summed E-state index contributed by atoms with van der Waals surface area (Å²) in [6, 6.07) is 0. The largest absolute Gasteiger partial charge is 0.741 e. The highest BCUT2D eigenvalue weighted by atomic mass is 32.2. The summed E-state index contributed by atoms with van der Waals surface area (Å²) in [4.78, 5) is 11.3. The molecule has 0 aliphatic heterocycles. The van der Waals surface area contributed by atoms with Crippen LogP contribution in [0.2, 0.25) is 0 Å². The van der Waals surface area contributed by atoms with Crippen molar-refractivity contribution in [2.45, 2.75) is 33.2 Å².